The summed E-state index contributed by atoms with van der Waals surface area (Å²) in [4.78, 5) is 25.6. The summed E-state index contributed by atoms with van der Waals surface area (Å²) in [6.45, 7) is 6.09. The van der Waals surface area contributed by atoms with E-state index >= 15 is 0 Å². The topological polar surface area (TPSA) is 55.4 Å². The quantitative estimate of drug-likeness (QED) is 0.588. The maximum atomic E-state index is 12.6. The molecule has 3 aromatic rings. The molecular formula is C20H19NO3S2. The smallest absolute Gasteiger partial charge is 0.341 e. The van der Waals surface area contributed by atoms with E-state index in [0.717, 1.165) is 22.3 Å². The SMILES string of the molecule is CCOC(=O)c1c(-c2ccc(C)cc2C)csc1NC(=O)c1cccs1. The molecule has 1 aromatic carbocycles. The Hall–Kier alpha value is -2.44. The Bertz CT molecular complexity index is 942. The molecular weight excluding hydrogens is 366 g/mol. The highest BCUT2D eigenvalue weighted by Crippen LogP contribution is 2.38. The van der Waals surface area contributed by atoms with Gasteiger partial charge in [-0.15, -0.1) is 22.7 Å². The highest BCUT2D eigenvalue weighted by molar-refractivity contribution is 7.15. The molecule has 0 bridgehead atoms. The molecule has 4 nitrogen and oxygen atoms in total. The molecule has 0 aliphatic rings. The average molecular weight is 386 g/mol. The van der Waals surface area contributed by atoms with Gasteiger partial charge in [-0.05, 0) is 43.3 Å². The summed E-state index contributed by atoms with van der Waals surface area (Å²) in [6.07, 6.45) is 0. The van der Waals surface area contributed by atoms with Gasteiger partial charge < -0.3 is 10.1 Å². The molecule has 0 spiro atoms. The van der Waals surface area contributed by atoms with Crippen LogP contribution in [0.2, 0.25) is 0 Å². The number of aryl methyl sites for hydroxylation is 2. The van der Waals surface area contributed by atoms with Gasteiger partial charge in [0.2, 0.25) is 0 Å². The van der Waals surface area contributed by atoms with Crippen molar-refractivity contribution in [3.8, 4) is 11.1 Å². The Balaban J connectivity index is 2.04. The number of thiophene rings is 2. The van der Waals surface area contributed by atoms with Crippen LogP contribution >= 0.6 is 22.7 Å². The van der Waals surface area contributed by atoms with Crippen LogP contribution in [0.4, 0.5) is 5.00 Å². The summed E-state index contributed by atoms with van der Waals surface area (Å²) in [7, 11) is 0. The van der Waals surface area contributed by atoms with E-state index in [4.69, 9.17) is 4.74 Å². The summed E-state index contributed by atoms with van der Waals surface area (Å²) < 4.78 is 5.24. The third-order valence-corrected chi connectivity index (χ3v) is 5.68. The van der Waals surface area contributed by atoms with Gasteiger partial charge in [0.05, 0.1) is 11.5 Å². The lowest BCUT2D eigenvalue weighted by Crippen LogP contribution is -2.13. The van der Waals surface area contributed by atoms with Crippen LogP contribution in [0.15, 0.2) is 41.1 Å². The zero-order valence-corrected chi connectivity index (χ0v) is 16.4. The average Bonchev–Trinajstić information content (AvgIpc) is 3.25. The summed E-state index contributed by atoms with van der Waals surface area (Å²) in [6, 6.07) is 9.66. The molecule has 1 N–H and O–H groups in total. The Morgan fingerprint density at radius 3 is 2.58 bits per heavy atom. The molecule has 0 saturated heterocycles. The maximum Gasteiger partial charge on any atom is 0.341 e. The summed E-state index contributed by atoms with van der Waals surface area (Å²) in [5.74, 6) is -0.648. The minimum absolute atomic E-state index is 0.223. The van der Waals surface area contributed by atoms with E-state index in [1.807, 2.05) is 42.8 Å². The lowest BCUT2D eigenvalue weighted by molar-refractivity contribution is 0.0529. The van der Waals surface area contributed by atoms with Gasteiger partial charge in [-0.3, -0.25) is 4.79 Å². The van der Waals surface area contributed by atoms with Crippen LogP contribution in [0.1, 0.15) is 38.1 Å². The lowest BCUT2D eigenvalue weighted by atomic mass is 9.97. The van der Waals surface area contributed by atoms with Crippen molar-refractivity contribution in [2.45, 2.75) is 20.8 Å². The number of hydrogen-bond donors (Lipinski definition) is 1. The van der Waals surface area contributed by atoms with E-state index in [0.29, 0.717) is 15.4 Å². The molecule has 0 aliphatic carbocycles. The van der Waals surface area contributed by atoms with E-state index in [-0.39, 0.29) is 12.5 Å². The molecule has 0 radical (unpaired) electrons. The number of carbonyl (C=O) groups excluding carboxylic acids is 2. The predicted molar refractivity (Wildman–Crippen MR) is 107 cm³/mol. The Morgan fingerprint density at radius 1 is 1.12 bits per heavy atom. The number of carbonyl (C=O) groups is 2. The number of anilines is 1. The Labute approximate surface area is 160 Å². The van der Waals surface area contributed by atoms with Crippen LogP contribution in [-0.2, 0) is 4.74 Å². The van der Waals surface area contributed by atoms with Crippen molar-refractivity contribution in [1.82, 2.24) is 0 Å². The maximum absolute atomic E-state index is 12.6. The van der Waals surface area contributed by atoms with Gasteiger partial charge in [0.25, 0.3) is 5.91 Å². The summed E-state index contributed by atoms with van der Waals surface area (Å²) in [5, 5.41) is 7.11. The summed E-state index contributed by atoms with van der Waals surface area (Å²) in [5.41, 5.74) is 4.39. The monoisotopic (exact) mass is 385 g/mol. The van der Waals surface area contributed by atoms with E-state index in [1.165, 1.54) is 22.7 Å². The third kappa shape index (κ3) is 3.71. The van der Waals surface area contributed by atoms with Gasteiger partial charge in [0.1, 0.15) is 10.6 Å². The molecule has 0 aliphatic heterocycles. The largest absolute Gasteiger partial charge is 0.462 e. The van der Waals surface area contributed by atoms with Gasteiger partial charge >= 0.3 is 5.97 Å². The van der Waals surface area contributed by atoms with Gasteiger partial charge in [-0.1, -0.05) is 29.8 Å². The highest BCUT2D eigenvalue weighted by atomic mass is 32.1. The minimum atomic E-state index is -0.426. The van der Waals surface area contributed by atoms with Crippen molar-refractivity contribution in [1.29, 1.82) is 0 Å². The molecule has 0 saturated carbocycles. The van der Waals surface area contributed by atoms with E-state index in [9.17, 15) is 9.59 Å². The number of amides is 1. The van der Waals surface area contributed by atoms with Crippen molar-refractivity contribution in [2.75, 3.05) is 11.9 Å². The van der Waals surface area contributed by atoms with Gasteiger partial charge in [-0.2, -0.15) is 0 Å². The van der Waals surface area contributed by atoms with Crippen LogP contribution in [0.25, 0.3) is 11.1 Å². The molecule has 6 heteroatoms. The minimum Gasteiger partial charge on any atom is -0.462 e. The predicted octanol–water partition coefficient (Wildman–Crippen LogP) is 5.52. The van der Waals surface area contributed by atoms with E-state index in [2.05, 4.69) is 11.4 Å². The van der Waals surface area contributed by atoms with Gasteiger partial charge in [0, 0.05) is 10.9 Å². The fourth-order valence-corrected chi connectivity index (χ4v) is 4.30. The number of esters is 1. The molecule has 134 valence electrons. The summed E-state index contributed by atoms with van der Waals surface area (Å²) >= 11 is 2.69. The van der Waals surface area contributed by atoms with Crippen molar-refractivity contribution in [3.05, 3.63) is 62.7 Å². The molecule has 2 heterocycles. The van der Waals surface area contributed by atoms with Crippen molar-refractivity contribution in [2.24, 2.45) is 0 Å². The molecule has 26 heavy (non-hydrogen) atoms. The number of nitrogens with one attached hydrogen (secondary N) is 1. The number of hydrogen-bond acceptors (Lipinski definition) is 5. The van der Waals surface area contributed by atoms with Crippen LogP contribution in [0, 0.1) is 13.8 Å². The molecule has 3 rings (SSSR count). The van der Waals surface area contributed by atoms with Crippen molar-refractivity contribution in [3.63, 3.8) is 0 Å². The molecule has 2 aromatic heterocycles. The highest BCUT2D eigenvalue weighted by Gasteiger charge is 2.24. The first kappa shape index (κ1) is 18.4. The second-order valence-corrected chi connectivity index (χ2v) is 7.65. The molecule has 1 amide bonds. The Kier molecular flexibility index (Phi) is 5.54. The van der Waals surface area contributed by atoms with Crippen LogP contribution in [0.3, 0.4) is 0 Å². The molecule has 0 atom stereocenters. The normalized spacial score (nSPS) is 10.6. The van der Waals surface area contributed by atoms with Crippen LogP contribution in [-0.4, -0.2) is 18.5 Å². The fourth-order valence-electron chi connectivity index (χ4n) is 2.74. The molecule has 0 unspecified atom stereocenters. The fraction of sp³-hybridized carbons (Fsp3) is 0.200. The third-order valence-electron chi connectivity index (χ3n) is 3.91. The zero-order valence-electron chi connectivity index (χ0n) is 14.8. The van der Waals surface area contributed by atoms with Gasteiger partial charge in [0.15, 0.2) is 0 Å². The second-order valence-electron chi connectivity index (χ2n) is 5.82. The van der Waals surface area contributed by atoms with Crippen LogP contribution in [0.5, 0.6) is 0 Å². The second kappa shape index (κ2) is 7.85. The first-order valence-electron chi connectivity index (χ1n) is 8.22. The number of ether oxygens (including phenoxy) is 1. The standard InChI is InChI=1S/C20H19NO3S2/c1-4-24-20(23)17-15(14-8-7-12(2)10-13(14)3)11-26-19(17)21-18(22)16-6-5-9-25-16/h5-11H,4H2,1-3H3,(H,21,22). The van der Waals surface area contributed by atoms with Crippen molar-refractivity contribution >= 4 is 39.6 Å². The number of rotatable bonds is 5. The first-order chi connectivity index (χ1) is 12.5. The van der Waals surface area contributed by atoms with E-state index < -0.39 is 5.97 Å². The zero-order chi connectivity index (χ0) is 18.7. The molecule has 0 fully saturated rings. The van der Waals surface area contributed by atoms with Crippen LogP contribution < -0.4 is 5.32 Å². The van der Waals surface area contributed by atoms with Gasteiger partial charge in [-0.25, -0.2) is 4.79 Å². The van der Waals surface area contributed by atoms with Crippen molar-refractivity contribution < 1.29 is 14.3 Å². The Morgan fingerprint density at radius 2 is 1.92 bits per heavy atom. The number of benzene rings is 1. The lowest BCUT2D eigenvalue weighted by Gasteiger charge is -2.10. The first-order valence-corrected chi connectivity index (χ1v) is 9.98. The van der Waals surface area contributed by atoms with E-state index in [1.54, 1.807) is 13.0 Å².